The van der Waals surface area contributed by atoms with Crippen molar-refractivity contribution in [3.05, 3.63) is 66.2 Å². The summed E-state index contributed by atoms with van der Waals surface area (Å²) in [7, 11) is 1.10. The van der Waals surface area contributed by atoms with E-state index in [4.69, 9.17) is 4.74 Å². The topological polar surface area (TPSA) is 22.1 Å². The molecule has 0 aliphatic heterocycles. The molecule has 0 radical (unpaired) electrons. The van der Waals surface area contributed by atoms with Gasteiger partial charge in [0.05, 0.1) is 5.52 Å². The summed E-state index contributed by atoms with van der Waals surface area (Å²) in [6.07, 6.45) is 0. The maximum Gasteiger partial charge on any atom is 0.222 e. The summed E-state index contributed by atoms with van der Waals surface area (Å²) in [5.41, 5.74) is 2.17. The van der Waals surface area contributed by atoms with Crippen LogP contribution in [0, 0.1) is 0 Å². The van der Waals surface area contributed by atoms with Gasteiger partial charge in [-0.05, 0) is 30.3 Å². The normalized spacial score (nSPS) is 10.7. The van der Waals surface area contributed by atoms with Crippen LogP contribution in [0.4, 0.5) is 0 Å². The minimum Gasteiger partial charge on any atom is -0.439 e. The summed E-state index contributed by atoms with van der Waals surface area (Å²) < 4.78 is 5.92. The second kappa shape index (κ2) is 5.24. The van der Waals surface area contributed by atoms with Crippen molar-refractivity contribution in [2.75, 3.05) is 0 Å². The van der Waals surface area contributed by atoms with Gasteiger partial charge in [0.1, 0.15) is 5.75 Å². The van der Waals surface area contributed by atoms with Crippen molar-refractivity contribution in [1.82, 2.24) is 4.98 Å². The van der Waals surface area contributed by atoms with E-state index in [-0.39, 0.29) is 0 Å². The van der Waals surface area contributed by atoms with Crippen molar-refractivity contribution in [3.63, 3.8) is 0 Å². The van der Waals surface area contributed by atoms with Gasteiger partial charge in [-0.25, -0.2) is 4.98 Å². The Morgan fingerprint density at radius 2 is 1.68 bits per heavy atom. The molecule has 3 rings (SSSR count). The highest BCUT2D eigenvalue weighted by Gasteiger charge is 2.07. The van der Waals surface area contributed by atoms with Gasteiger partial charge in [-0.3, -0.25) is 0 Å². The van der Waals surface area contributed by atoms with Crippen LogP contribution >= 0.6 is 0 Å². The Morgan fingerprint density at radius 1 is 0.947 bits per heavy atom. The molecule has 1 aromatic heterocycles. The highest BCUT2D eigenvalue weighted by atomic mass is 28.1. The number of para-hydroxylation sites is 2. The van der Waals surface area contributed by atoms with Gasteiger partial charge >= 0.3 is 0 Å². The number of rotatable bonds is 3. The van der Waals surface area contributed by atoms with E-state index in [1.54, 1.807) is 0 Å². The first kappa shape index (κ1) is 11.9. The summed E-state index contributed by atoms with van der Waals surface area (Å²) in [5.74, 6) is 1.57. The first-order valence-electron chi connectivity index (χ1n) is 6.48. The van der Waals surface area contributed by atoms with E-state index in [0.29, 0.717) is 0 Å². The van der Waals surface area contributed by atoms with Crippen LogP contribution < -0.4 is 4.74 Å². The molecular formula is C16H15NOSi. The third kappa shape index (κ3) is 2.51. The zero-order valence-corrected chi connectivity index (χ0v) is 12.8. The molecule has 0 spiro atoms. The average Bonchev–Trinajstić information content (AvgIpc) is 2.47. The van der Waals surface area contributed by atoms with Crippen LogP contribution in [0.5, 0.6) is 11.6 Å². The monoisotopic (exact) mass is 265 g/mol. The fourth-order valence-electron chi connectivity index (χ4n) is 2.08. The van der Waals surface area contributed by atoms with E-state index in [2.05, 4.69) is 17.1 Å². The maximum atomic E-state index is 5.92. The van der Waals surface area contributed by atoms with E-state index in [0.717, 1.165) is 33.4 Å². The molecule has 19 heavy (non-hydrogen) atoms. The van der Waals surface area contributed by atoms with Crippen LogP contribution in [0.2, 0.25) is 0 Å². The molecule has 0 saturated heterocycles. The van der Waals surface area contributed by atoms with Gasteiger partial charge in [-0.1, -0.05) is 36.4 Å². The molecule has 0 N–H and O–H groups in total. The van der Waals surface area contributed by atoms with Gasteiger partial charge in [0, 0.05) is 21.2 Å². The van der Waals surface area contributed by atoms with E-state index in [1.165, 1.54) is 10.9 Å². The molecule has 0 unspecified atom stereocenters. The number of benzene rings is 2. The Labute approximate surface area is 115 Å². The Morgan fingerprint density at radius 3 is 2.47 bits per heavy atom. The van der Waals surface area contributed by atoms with Crippen molar-refractivity contribution < 1.29 is 4.74 Å². The minimum absolute atomic E-state index is 0.736. The lowest BCUT2D eigenvalue weighted by Crippen LogP contribution is -1.96. The summed E-state index contributed by atoms with van der Waals surface area (Å²) in [5, 5.41) is 1.17. The highest BCUT2D eigenvalue weighted by molar-refractivity contribution is 6.08. The van der Waals surface area contributed by atoms with E-state index in [1.807, 2.05) is 48.5 Å². The zero-order valence-electron chi connectivity index (χ0n) is 10.8. The molecule has 0 fully saturated rings. The van der Waals surface area contributed by atoms with Crippen LogP contribution in [-0.2, 0) is 6.04 Å². The second-order valence-corrected chi connectivity index (χ2v) is 5.12. The molecule has 2 aromatic carbocycles. The molecule has 2 nitrogen and oxygen atoms in total. The number of pyridine rings is 1. The fourth-order valence-corrected chi connectivity index (χ4v) is 2.59. The Hall–Kier alpha value is -2.13. The molecule has 0 aliphatic rings. The molecule has 0 saturated carbocycles. The molecular weight excluding hydrogens is 250 g/mol. The highest BCUT2D eigenvalue weighted by Crippen LogP contribution is 2.26. The van der Waals surface area contributed by atoms with E-state index < -0.39 is 0 Å². The van der Waals surface area contributed by atoms with Crippen LogP contribution in [0.25, 0.3) is 10.9 Å². The van der Waals surface area contributed by atoms with Crippen molar-refractivity contribution >= 4 is 21.1 Å². The first-order valence-corrected chi connectivity index (χ1v) is 7.90. The third-order valence-corrected chi connectivity index (χ3v) is 3.86. The number of nitrogens with zero attached hydrogens (tertiary/aromatic N) is 1. The Balaban J connectivity index is 2.06. The third-order valence-electron chi connectivity index (χ3n) is 3.10. The van der Waals surface area contributed by atoms with Gasteiger partial charge in [0.25, 0.3) is 0 Å². The standard InChI is InChI=1S/C16H15NOSi/c19-11-13-10-12-6-4-5-9-15(12)17-16(13)18-14-7-2-1-3-8-14/h1-10H,11H2,19H3. The Kier molecular flexibility index (Phi) is 3.29. The fraction of sp³-hybridized carbons (Fsp3) is 0.0625. The number of hydrogen-bond donors (Lipinski definition) is 0. The molecule has 1 heterocycles. The number of aromatic nitrogens is 1. The predicted molar refractivity (Wildman–Crippen MR) is 81.9 cm³/mol. The van der Waals surface area contributed by atoms with Gasteiger partial charge in [0.2, 0.25) is 5.88 Å². The maximum absolute atomic E-state index is 5.92. The van der Waals surface area contributed by atoms with Crippen molar-refractivity contribution in [2.24, 2.45) is 0 Å². The first-order chi connectivity index (χ1) is 9.36. The summed E-state index contributed by atoms with van der Waals surface area (Å²) in [6.45, 7) is 0. The largest absolute Gasteiger partial charge is 0.439 e. The number of ether oxygens (including phenoxy) is 1. The molecule has 94 valence electrons. The Bertz CT molecular complexity index is 697. The summed E-state index contributed by atoms with van der Waals surface area (Å²) in [4.78, 5) is 4.64. The summed E-state index contributed by atoms with van der Waals surface area (Å²) in [6, 6.07) is 21.2. The lowest BCUT2D eigenvalue weighted by molar-refractivity contribution is 0.460. The van der Waals surface area contributed by atoms with Gasteiger partial charge in [-0.2, -0.15) is 0 Å². The average molecular weight is 265 g/mol. The van der Waals surface area contributed by atoms with E-state index >= 15 is 0 Å². The molecule has 0 bridgehead atoms. The van der Waals surface area contributed by atoms with Crippen LogP contribution in [-0.4, -0.2) is 15.2 Å². The van der Waals surface area contributed by atoms with Crippen molar-refractivity contribution in [1.29, 1.82) is 0 Å². The minimum atomic E-state index is 0.736. The van der Waals surface area contributed by atoms with E-state index in [9.17, 15) is 0 Å². The van der Waals surface area contributed by atoms with Crippen LogP contribution in [0.1, 0.15) is 5.56 Å². The molecule has 3 heteroatoms. The van der Waals surface area contributed by atoms with Gasteiger partial charge in [-0.15, -0.1) is 0 Å². The van der Waals surface area contributed by atoms with Gasteiger partial charge < -0.3 is 4.74 Å². The van der Waals surface area contributed by atoms with Crippen molar-refractivity contribution in [2.45, 2.75) is 6.04 Å². The second-order valence-electron chi connectivity index (χ2n) is 4.41. The lowest BCUT2D eigenvalue weighted by atomic mass is 10.1. The van der Waals surface area contributed by atoms with Crippen LogP contribution in [0.15, 0.2) is 60.7 Å². The number of fused-ring (bicyclic) bond motifs is 1. The molecule has 0 aliphatic carbocycles. The number of hydrogen-bond acceptors (Lipinski definition) is 2. The van der Waals surface area contributed by atoms with Crippen LogP contribution in [0.3, 0.4) is 0 Å². The zero-order chi connectivity index (χ0) is 13.1. The smallest absolute Gasteiger partial charge is 0.222 e. The molecule has 0 amide bonds. The quantitative estimate of drug-likeness (QED) is 0.679. The molecule has 0 atom stereocenters. The summed E-state index contributed by atoms with van der Waals surface area (Å²) >= 11 is 0. The van der Waals surface area contributed by atoms with Crippen molar-refractivity contribution in [3.8, 4) is 11.6 Å². The SMILES string of the molecule is [SiH3]Cc1cc2ccccc2nc1Oc1ccccc1. The predicted octanol–water partition coefficient (Wildman–Crippen LogP) is 2.89. The lowest BCUT2D eigenvalue weighted by Gasteiger charge is -2.10. The van der Waals surface area contributed by atoms with Gasteiger partial charge in [0.15, 0.2) is 0 Å². The molecule has 3 aromatic rings.